The average molecular weight is 378 g/mol. The molecule has 3 aromatic rings. The van der Waals surface area contributed by atoms with Crippen LogP contribution in [0.25, 0.3) is 16.9 Å². The molecule has 0 saturated heterocycles. The smallest absolute Gasteiger partial charge is 0.299 e. The highest BCUT2D eigenvalue weighted by molar-refractivity contribution is 7.89. The molecule has 0 aliphatic rings. The van der Waals surface area contributed by atoms with Gasteiger partial charge in [0.25, 0.3) is 6.47 Å². The standard InChI is InChI=1S/C16H12ClN3O4S/c17-12-3-1-11(2-4-12)15-9-16(24-10-21)19-20(15)13-5-7-14(8-6-13)25(18,22)23/h1-10H,(H2,18,22,23). The predicted molar refractivity (Wildman–Crippen MR) is 92.1 cm³/mol. The zero-order chi connectivity index (χ0) is 18.0. The summed E-state index contributed by atoms with van der Waals surface area (Å²) in [5.41, 5.74) is 1.99. The second-order valence-corrected chi connectivity index (χ2v) is 7.04. The molecule has 0 atom stereocenters. The molecule has 0 fully saturated rings. The molecule has 25 heavy (non-hydrogen) atoms. The molecule has 0 spiro atoms. The first-order valence-electron chi connectivity index (χ1n) is 6.98. The Hall–Kier alpha value is -2.68. The van der Waals surface area contributed by atoms with Gasteiger partial charge in [-0.15, -0.1) is 5.10 Å². The lowest BCUT2D eigenvalue weighted by atomic mass is 10.1. The molecule has 128 valence electrons. The molecule has 0 aliphatic heterocycles. The van der Waals surface area contributed by atoms with Crippen LogP contribution >= 0.6 is 11.6 Å². The maximum atomic E-state index is 11.4. The number of primary sulfonamides is 1. The minimum absolute atomic E-state index is 0.0131. The van der Waals surface area contributed by atoms with Crippen LogP contribution in [0.4, 0.5) is 0 Å². The Morgan fingerprint density at radius 1 is 1.08 bits per heavy atom. The number of aromatic nitrogens is 2. The van der Waals surface area contributed by atoms with Gasteiger partial charge in [-0.05, 0) is 36.4 Å². The van der Waals surface area contributed by atoms with E-state index < -0.39 is 10.0 Å². The van der Waals surface area contributed by atoms with E-state index in [9.17, 15) is 13.2 Å². The van der Waals surface area contributed by atoms with Crippen LogP contribution in [0.3, 0.4) is 0 Å². The number of halogens is 1. The van der Waals surface area contributed by atoms with Gasteiger partial charge in [0.05, 0.1) is 16.3 Å². The van der Waals surface area contributed by atoms with Crippen LogP contribution in [-0.2, 0) is 14.8 Å². The molecule has 0 amide bonds. The van der Waals surface area contributed by atoms with E-state index in [2.05, 4.69) is 5.10 Å². The first-order chi connectivity index (χ1) is 11.9. The summed E-state index contributed by atoms with van der Waals surface area (Å²) in [6.45, 7) is 0.280. The zero-order valence-electron chi connectivity index (χ0n) is 12.7. The normalized spacial score (nSPS) is 11.3. The van der Waals surface area contributed by atoms with Gasteiger partial charge < -0.3 is 4.74 Å². The van der Waals surface area contributed by atoms with E-state index in [1.165, 1.54) is 16.8 Å². The molecule has 7 nitrogen and oxygen atoms in total. The van der Waals surface area contributed by atoms with Gasteiger partial charge in [0.1, 0.15) is 0 Å². The van der Waals surface area contributed by atoms with Gasteiger partial charge in [0.2, 0.25) is 15.9 Å². The van der Waals surface area contributed by atoms with Crippen LogP contribution in [0.15, 0.2) is 59.5 Å². The van der Waals surface area contributed by atoms with Crippen molar-refractivity contribution >= 4 is 28.1 Å². The van der Waals surface area contributed by atoms with Crippen molar-refractivity contribution < 1.29 is 17.9 Å². The van der Waals surface area contributed by atoms with Gasteiger partial charge in [-0.2, -0.15) is 0 Å². The van der Waals surface area contributed by atoms with E-state index in [0.29, 0.717) is 16.4 Å². The van der Waals surface area contributed by atoms with Crippen LogP contribution in [-0.4, -0.2) is 24.7 Å². The average Bonchev–Trinajstić information content (AvgIpc) is 2.99. The largest absolute Gasteiger partial charge is 0.408 e. The lowest BCUT2D eigenvalue weighted by molar-refractivity contribution is -0.120. The van der Waals surface area contributed by atoms with Crippen LogP contribution in [0, 0.1) is 0 Å². The molecule has 2 aromatic carbocycles. The number of carbonyl (C=O) groups is 1. The highest BCUT2D eigenvalue weighted by atomic mass is 35.5. The molecule has 1 aromatic heterocycles. The second kappa shape index (κ2) is 6.67. The van der Waals surface area contributed by atoms with Crippen LogP contribution in [0.5, 0.6) is 5.88 Å². The van der Waals surface area contributed by atoms with Gasteiger partial charge >= 0.3 is 0 Å². The van der Waals surface area contributed by atoms with Crippen molar-refractivity contribution in [2.24, 2.45) is 5.14 Å². The fraction of sp³-hybridized carbons (Fsp3) is 0. The van der Waals surface area contributed by atoms with Crippen molar-refractivity contribution in [2.45, 2.75) is 4.90 Å². The van der Waals surface area contributed by atoms with E-state index in [4.69, 9.17) is 21.5 Å². The topological polar surface area (TPSA) is 104 Å². The highest BCUT2D eigenvalue weighted by Gasteiger charge is 2.14. The molecule has 0 bridgehead atoms. The van der Waals surface area contributed by atoms with Gasteiger partial charge in [-0.25, -0.2) is 18.2 Å². The quantitative estimate of drug-likeness (QED) is 0.687. The first-order valence-corrected chi connectivity index (χ1v) is 8.90. The number of carbonyl (C=O) groups excluding carboxylic acids is 1. The van der Waals surface area contributed by atoms with Crippen molar-refractivity contribution in [2.75, 3.05) is 0 Å². The lowest BCUT2D eigenvalue weighted by Crippen LogP contribution is -2.12. The third kappa shape index (κ3) is 3.71. The van der Waals surface area contributed by atoms with Crippen molar-refractivity contribution in [1.29, 1.82) is 0 Å². The van der Waals surface area contributed by atoms with Crippen LogP contribution in [0.1, 0.15) is 0 Å². The number of hydrogen-bond acceptors (Lipinski definition) is 5. The van der Waals surface area contributed by atoms with E-state index in [1.807, 2.05) is 0 Å². The Kier molecular flexibility index (Phi) is 4.58. The van der Waals surface area contributed by atoms with E-state index in [-0.39, 0.29) is 17.2 Å². The Morgan fingerprint density at radius 3 is 2.28 bits per heavy atom. The van der Waals surface area contributed by atoms with Gasteiger partial charge in [0, 0.05) is 16.7 Å². The number of benzene rings is 2. The molecular weight excluding hydrogens is 366 g/mol. The summed E-state index contributed by atoms with van der Waals surface area (Å²) in [4.78, 5) is 10.6. The first kappa shape index (κ1) is 17.2. The molecule has 3 rings (SSSR count). The van der Waals surface area contributed by atoms with E-state index >= 15 is 0 Å². The SMILES string of the molecule is NS(=O)(=O)c1ccc(-n2nc(OC=O)cc2-c2ccc(Cl)cc2)cc1. The zero-order valence-corrected chi connectivity index (χ0v) is 14.2. The third-order valence-corrected chi connectivity index (χ3v) is 4.59. The Labute approximate surface area is 148 Å². The number of hydrogen-bond donors (Lipinski definition) is 1. The molecular formula is C16H12ClN3O4S. The maximum absolute atomic E-state index is 11.4. The third-order valence-electron chi connectivity index (χ3n) is 3.41. The molecule has 1 heterocycles. The van der Waals surface area contributed by atoms with Gasteiger partial charge in [-0.1, -0.05) is 23.7 Å². The minimum Gasteiger partial charge on any atom is -0.408 e. The Balaban J connectivity index is 2.11. The van der Waals surface area contributed by atoms with Crippen molar-refractivity contribution in [3.63, 3.8) is 0 Å². The fourth-order valence-electron chi connectivity index (χ4n) is 2.27. The summed E-state index contributed by atoms with van der Waals surface area (Å²) in [6.07, 6.45) is 0. The van der Waals surface area contributed by atoms with Gasteiger partial charge in [-0.3, -0.25) is 4.79 Å². The van der Waals surface area contributed by atoms with E-state index in [1.54, 1.807) is 42.5 Å². The molecule has 0 radical (unpaired) electrons. The minimum atomic E-state index is -3.79. The molecule has 9 heteroatoms. The molecule has 2 N–H and O–H groups in total. The number of ether oxygens (including phenoxy) is 1. The Bertz CT molecular complexity index is 1010. The maximum Gasteiger partial charge on any atom is 0.299 e. The highest BCUT2D eigenvalue weighted by Crippen LogP contribution is 2.28. The summed E-state index contributed by atoms with van der Waals surface area (Å²) in [5, 5.41) is 9.89. The van der Waals surface area contributed by atoms with Crippen LogP contribution < -0.4 is 9.88 Å². The predicted octanol–water partition coefficient (Wildman–Crippen LogP) is 2.38. The molecule has 0 saturated carbocycles. The Morgan fingerprint density at radius 2 is 1.72 bits per heavy atom. The van der Waals surface area contributed by atoms with Crippen molar-refractivity contribution in [3.05, 3.63) is 59.6 Å². The summed E-state index contributed by atoms with van der Waals surface area (Å²) < 4.78 is 29.1. The van der Waals surface area contributed by atoms with Gasteiger partial charge in [0.15, 0.2) is 0 Å². The molecule has 0 aliphatic carbocycles. The van der Waals surface area contributed by atoms with E-state index in [0.717, 1.165) is 5.56 Å². The van der Waals surface area contributed by atoms with Crippen molar-refractivity contribution in [1.82, 2.24) is 9.78 Å². The molecule has 0 unspecified atom stereocenters. The summed E-state index contributed by atoms with van der Waals surface area (Å²) in [7, 11) is -3.79. The summed E-state index contributed by atoms with van der Waals surface area (Å²) in [5.74, 6) is 0.107. The number of sulfonamides is 1. The fourth-order valence-corrected chi connectivity index (χ4v) is 2.91. The number of nitrogens with zero attached hydrogens (tertiary/aromatic N) is 2. The lowest BCUT2D eigenvalue weighted by Gasteiger charge is -2.08. The summed E-state index contributed by atoms with van der Waals surface area (Å²) in [6, 6.07) is 14.5. The monoisotopic (exact) mass is 377 g/mol. The van der Waals surface area contributed by atoms with Crippen molar-refractivity contribution in [3.8, 4) is 22.8 Å². The number of nitrogens with two attached hydrogens (primary N) is 1. The number of rotatable bonds is 5. The second-order valence-electron chi connectivity index (χ2n) is 5.04. The van der Waals surface area contributed by atoms with Crippen LogP contribution in [0.2, 0.25) is 5.02 Å². The summed E-state index contributed by atoms with van der Waals surface area (Å²) >= 11 is 5.91.